The van der Waals surface area contributed by atoms with E-state index in [2.05, 4.69) is 13.8 Å². The summed E-state index contributed by atoms with van der Waals surface area (Å²) in [5, 5.41) is 9.36. The number of nitrogens with one attached hydrogen (secondary N) is 1. The molecular formula is C27H37N5O2. The molecule has 7 nitrogen and oxygen atoms in total. The fourth-order valence-electron chi connectivity index (χ4n) is 4.91. The van der Waals surface area contributed by atoms with E-state index in [-0.39, 0.29) is 17.0 Å². The van der Waals surface area contributed by atoms with Gasteiger partial charge in [0.05, 0.1) is 10.9 Å². The minimum Gasteiger partial charge on any atom is -0.339 e. The van der Waals surface area contributed by atoms with Crippen LogP contribution in [0.15, 0.2) is 29.2 Å². The van der Waals surface area contributed by atoms with E-state index in [1.165, 1.54) is 19.3 Å². The number of amides is 1. The molecule has 182 valence electrons. The summed E-state index contributed by atoms with van der Waals surface area (Å²) in [7, 11) is 0. The molecule has 1 N–H and O–H groups in total. The van der Waals surface area contributed by atoms with Crippen LogP contribution >= 0.6 is 0 Å². The van der Waals surface area contributed by atoms with Crippen LogP contribution in [0.25, 0.3) is 16.7 Å². The van der Waals surface area contributed by atoms with Crippen molar-refractivity contribution in [3.63, 3.8) is 0 Å². The molecule has 0 aromatic carbocycles. The second-order valence-corrected chi connectivity index (χ2v) is 9.84. The largest absolute Gasteiger partial charge is 0.339 e. The molecule has 0 radical (unpaired) electrons. The Morgan fingerprint density at radius 2 is 1.82 bits per heavy atom. The monoisotopic (exact) mass is 463 g/mol. The molecule has 7 heteroatoms. The summed E-state index contributed by atoms with van der Waals surface area (Å²) in [5.41, 5.74) is 2.28. The van der Waals surface area contributed by atoms with E-state index < -0.39 is 0 Å². The van der Waals surface area contributed by atoms with Gasteiger partial charge in [-0.15, -0.1) is 0 Å². The zero-order chi connectivity index (χ0) is 24.2. The molecule has 4 heterocycles. The summed E-state index contributed by atoms with van der Waals surface area (Å²) >= 11 is 0. The number of carbonyl (C=O) groups is 1. The van der Waals surface area contributed by atoms with Crippen LogP contribution in [-0.2, 0) is 6.54 Å². The summed E-state index contributed by atoms with van der Waals surface area (Å²) in [5.74, 6) is 0.460. The molecule has 3 aromatic rings. The summed E-state index contributed by atoms with van der Waals surface area (Å²) in [6.45, 7) is 8.32. The van der Waals surface area contributed by atoms with Crippen LogP contribution in [0.5, 0.6) is 0 Å². The molecule has 0 atom stereocenters. The third-order valence-electron chi connectivity index (χ3n) is 7.17. The zero-order valence-corrected chi connectivity index (χ0v) is 20.8. The van der Waals surface area contributed by atoms with E-state index >= 15 is 0 Å². The van der Waals surface area contributed by atoms with Gasteiger partial charge in [-0.25, -0.2) is 4.98 Å². The Hall–Kier alpha value is -2.96. The topological polar surface area (TPSA) is 83.5 Å². The molecule has 0 unspecified atom stereocenters. The molecule has 4 rings (SSSR count). The average Bonchev–Trinajstić information content (AvgIpc) is 2.83. The molecule has 0 saturated carbocycles. The summed E-state index contributed by atoms with van der Waals surface area (Å²) in [4.78, 5) is 33.6. The fraction of sp³-hybridized carbons (Fsp3) is 0.556. The Morgan fingerprint density at radius 1 is 1.12 bits per heavy atom. The predicted molar refractivity (Wildman–Crippen MR) is 135 cm³/mol. The quantitative estimate of drug-likeness (QED) is 0.389. The van der Waals surface area contributed by atoms with Crippen molar-refractivity contribution in [2.45, 2.75) is 78.7 Å². The first kappa shape index (κ1) is 24.2. The van der Waals surface area contributed by atoms with Crippen molar-refractivity contribution < 1.29 is 4.79 Å². The van der Waals surface area contributed by atoms with Crippen molar-refractivity contribution in [2.24, 2.45) is 5.92 Å². The Balaban J connectivity index is 1.80. The van der Waals surface area contributed by atoms with Gasteiger partial charge < -0.3 is 9.47 Å². The first-order chi connectivity index (χ1) is 16.4. The molecular weight excluding hydrogens is 426 g/mol. The minimum absolute atomic E-state index is 0.149. The van der Waals surface area contributed by atoms with Crippen molar-refractivity contribution in [3.8, 4) is 0 Å². The van der Waals surface area contributed by atoms with Crippen LogP contribution in [0.3, 0.4) is 0 Å². The third-order valence-corrected chi connectivity index (χ3v) is 7.17. The molecule has 1 amide bonds. The number of piperidine rings is 1. The van der Waals surface area contributed by atoms with Crippen molar-refractivity contribution in [2.75, 3.05) is 13.1 Å². The van der Waals surface area contributed by atoms with E-state index in [0.29, 0.717) is 47.8 Å². The third kappa shape index (κ3) is 4.79. The number of likely N-dealkylation sites (tertiary alicyclic amines) is 1. The van der Waals surface area contributed by atoms with Gasteiger partial charge in [0.25, 0.3) is 11.5 Å². The van der Waals surface area contributed by atoms with Crippen LogP contribution in [0.4, 0.5) is 0 Å². The number of carbonyl (C=O) groups excluding carboxylic acids is 1. The van der Waals surface area contributed by atoms with Crippen LogP contribution in [0.1, 0.15) is 81.1 Å². The highest BCUT2D eigenvalue weighted by atomic mass is 16.2. The minimum atomic E-state index is -0.193. The smallest absolute Gasteiger partial charge is 0.267 e. The lowest BCUT2D eigenvalue weighted by Gasteiger charge is -2.30. The first-order valence-electron chi connectivity index (χ1n) is 12.8. The van der Waals surface area contributed by atoms with E-state index in [1.807, 2.05) is 24.0 Å². The Bertz CT molecular complexity index is 1300. The van der Waals surface area contributed by atoms with Gasteiger partial charge in [0.15, 0.2) is 0 Å². The maximum absolute atomic E-state index is 13.5. The lowest BCUT2D eigenvalue weighted by molar-refractivity contribution is 0.0694. The highest BCUT2D eigenvalue weighted by Crippen LogP contribution is 2.19. The number of hydrogen-bond donors (Lipinski definition) is 1. The lowest BCUT2D eigenvalue weighted by Crippen LogP contribution is -2.41. The van der Waals surface area contributed by atoms with Gasteiger partial charge in [-0.3, -0.25) is 19.4 Å². The molecule has 1 aliphatic rings. The lowest BCUT2D eigenvalue weighted by atomic mass is 9.98. The van der Waals surface area contributed by atoms with Crippen LogP contribution in [0, 0.1) is 18.3 Å². The first-order valence-corrected chi connectivity index (χ1v) is 12.8. The fourth-order valence-corrected chi connectivity index (χ4v) is 4.91. The maximum atomic E-state index is 13.5. The van der Waals surface area contributed by atoms with Crippen LogP contribution < -0.4 is 11.0 Å². The number of rotatable bonds is 8. The number of pyridine rings is 2. The summed E-state index contributed by atoms with van der Waals surface area (Å²) in [6, 6.07) is 5.38. The van der Waals surface area contributed by atoms with Crippen molar-refractivity contribution in [1.82, 2.24) is 18.9 Å². The van der Waals surface area contributed by atoms with Gasteiger partial charge in [0.2, 0.25) is 0 Å². The number of nitrogens with zero attached hydrogens (tertiary/aromatic N) is 4. The summed E-state index contributed by atoms with van der Waals surface area (Å²) < 4.78 is 3.34. The number of hydrogen-bond acceptors (Lipinski definition) is 4. The van der Waals surface area contributed by atoms with Crippen LogP contribution in [0.2, 0.25) is 0 Å². The van der Waals surface area contributed by atoms with Gasteiger partial charge in [0, 0.05) is 25.8 Å². The molecule has 1 saturated heterocycles. The van der Waals surface area contributed by atoms with Crippen molar-refractivity contribution in [1.29, 1.82) is 5.41 Å². The van der Waals surface area contributed by atoms with Gasteiger partial charge in [-0.05, 0) is 49.8 Å². The second kappa shape index (κ2) is 10.5. The normalized spacial score (nSPS) is 14.9. The van der Waals surface area contributed by atoms with Gasteiger partial charge in [-0.1, -0.05) is 52.0 Å². The highest BCUT2D eigenvalue weighted by molar-refractivity contribution is 5.97. The Morgan fingerprint density at radius 3 is 2.56 bits per heavy atom. The van der Waals surface area contributed by atoms with E-state index in [0.717, 1.165) is 37.7 Å². The molecule has 1 fully saturated rings. The van der Waals surface area contributed by atoms with Crippen molar-refractivity contribution in [3.05, 3.63) is 51.4 Å². The van der Waals surface area contributed by atoms with Crippen LogP contribution in [-0.4, -0.2) is 37.8 Å². The number of aryl methyl sites for hydroxylation is 2. The molecule has 3 aromatic heterocycles. The average molecular weight is 464 g/mol. The van der Waals surface area contributed by atoms with Gasteiger partial charge in [-0.2, -0.15) is 0 Å². The second-order valence-electron chi connectivity index (χ2n) is 9.84. The Labute approximate surface area is 200 Å². The number of aromatic nitrogens is 3. The molecule has 0 bridgehead atoms. The number of fused-ring (bicyclic) bond motifs is 2. The SMILES string of the molecule is CCCCCCCCn1c(=N)c(C(=O)N2CCC(C)CC2)cc2c(=O)n3cccc(C)c3nc21. The van der Waals surface area contributed by atoms with E-state index in [9.17, 15) is 9.59 Å². The van der Waals surface area contributed by atoms with E-state index in [1.54, 1.807) is 21.2 Å². The van der Waals surface area contributed by atoms with Gasteiger partial charge >= 0.3 is 0 Å². The summed E-state index contributed by atoms with van der Waals surface area (Å²) in [6.07, 6.45) is 10.4. The standard InChI is InChI=1S/C27H37N5O2/c1-4-5-6-7-8-9-14-31-23(28)21(26(33)30-16-12-19(2)13-17-30)18-22-25(31)29-24-20(3)11-10-15-32(24)27(22)34/h10-11,15,18-19,28H,4-9,12-14,16-17H2,1-3H3. The molecule has 0 spiro atoms. The molecule has 0 aliphatic carbocycles. The Kier molecular flexibility index (Phi) is 7.49. The molecule has 34 heavy (non-hydrogen) atoms. The zero-order valence-electron chi connectivity index (χ0n) is 20.8. The highest BCUT2D eigenvalue weighted by Gasteiger charge is 2.25. The maximum Gasteiger partial charge on any atom is 0.267 e. The molecule has 1 aliphatic heterocycles. The van der Waals surface area contributed by atoms with Gasteiger partial charge in [0.1, 0.15) is 16.8 Å². The predicted octanol–water partition coefficient (Wildman–Crippen LogP) is 4.67. The number of unbranched alkanes of at least 4 members (excludes halogenated alkanes) is 5. The van der Waals surface area contributed by atoms with Crippen molar-refractivity contribution >= 4 is 22.6 Å². The van der Waals surface area contributed by atoms with E-state index in [4.69, 9.17) is 10.4 Å².